The molecule has 0 aromatic rings. The van der Waals surface area contributed by atoms with Gasteiger partial charge >= 0.3 is 0 Å². The molecule has 0 aliphatic heterocycles. The maximum Gasteiger partial charge on any atom is 0.0823 e. The molecule has 14 heavy (non-hydrogen) atoms. The van der Waals surface area contributed by atoms with Gasteiger partial charge < -0.3 is 4.74 Å². The number of rotatable bonds is 5. The van der Waals surface area contributed by atoms with Crippen LogP contribution in [0.3, 0.4) is 0 Å². The predicted molar refractivity (Wildman–Crippen MR) is 61.3 cm³/mol. The summed E-state index contributed by atoms with van der Waals surface area (Å²) in [5, 5.41) is 0. The van der Waals surface area contributed by atoms with Crippen LogP contribution < -0.4 is 0 Å². The molecular weight excluding hydrogens is 172 g/mol. The minimum Gasteiger partial charge on any atom is -0.377 e. The van der Waals surface area contributed by atoms with Crippen molar-refractivity contribution in [3.63, 3.8) is 0 Å². The van der Waals surface area contributed by atoms with E-state index < -0.39 is 0 Å². The first kappa shape index (κ1) is 11.3. The first-order valence-corrected chi connectivity index (χ1v) is 5.18. The monoisotopic (exact) mass is 192 g/mol. The summed E-state index contributed by atoms with van der Waals surface area (Å²) in [6, 6.07) is 0. The third kappa shape index (κ3) is 2.85. The van der Waals surface area contributed by atoms with E-state index in [2.05, 4.69) is 32.6 Å². The van der Waals surface area contributed by atoms with E-state index in [0.29, 0.717) is 0 Å². The van der Waals surface area contributed by atoms with Crippen molar-refractivity contribution in [1.29, 1.82) is 0 Å². The molecule has 0 spiro atoms. The molecule has 1 atom stereocenters. The normalized spacial score (nSPS) is 17.6. The third-order valence-electron chi connectivity index (χ3n) is 2.68. The van der Waals surface area contributed by atoms with Gasteiger partial charge in [0.2, 0.25) is 0 Å². The summed E-state index contributed by atoms with van der Waals surface area (Å²) >= 11 is 0. The van der Waals surface area contributed by atoms with E-state index in [4.69, 9.17) is 4.74 Å². The molecule has 0 amide bonds. The highest BCUT2D eigenvalue weighted by Crippen LogP contribution is 2.25. The van der Waals surface area contributed by atoms with Crippen LogP contribution in [0.5, 0.6) is 0 Å². The molecule has 0 fully saturated rings. The van der Waals surface area contributed by atoms with E-state index in [1.54, 1.807) is 7.11 Å². The van der Waals surface area contributed by atoms with E-state index in [-0.39, 0.29) is 6.10 Å². The molecule has 1 aliphatic rings. The summed E-state index contributed by atoms with van der Waals surface area (Å²) in [6.07, 6.45) is 7.83. The molecule has 0 aromatic heterocycles. The van der Waals surface area contributed by atoms with Gasteiger partial charge in [-0.3, -0.25) is 0 Å². The summed E-state index contributed by atoms with van der Waals surface area (Å²) in [5.41, 5.74) is 4.04. The van der Waals surface area contributed by atoms with Crippen LogP contribution in [0.25, 0.3) is 0 Å². The van der Waals surface area contributed by atoms with Crippen LogP contribution in [0.4, 0.5) is 0 Å². The van der Waals surface area contributed by atoms with Crippen LogP contribution in [-0.2, 0) is 4.74 Å². The molecule has 0 saturated heterocycles. The van der Waals surface area contributed by atoms with E-state index in [9.17, 15) is 0 Å². The summed E-state index contributed by atoms with van der Waals surface area (Å²) in [5.74, 6) is 0. The lowest BCUT2D eigenvalue weighted by Crippen LogP contribution is -2.13. The Hall–Kier alpha value is -0.820. The molecule has 0 saturated carbocycles. The summed E-state index contributed by atoms with van der Waals surface area (Å²) in [7, 11) is 1.79. The second kappa shape index (κ2) is 5.16. The Morgan fingerprint density at radius 1 is 1.64 bits per heavy atom. The van der Waals surface area contributed by atoms with Gasteiger partial charge in [-0.05, 0) is 38.7 Å². The Morgan fingerprint density at radius 2 is 2.36 bits per heavy atom. The van der Waals surface area contributed by atoms with Crippen LogP contribution in [-0.4, -0.2) is 13.2 Å². The largest absolute Gasteiger partial charge is 0.377 e. The summed E-state index contributed by atoms with van der Waals surface area (Å²) in [4.78, 5) is 0. The van der Waals surface area contributed by atoms with Crippen molar-refractivity contribution in [3.8, 4) is 0 Å². The zero-order valence-electron chi connectivity index (χ0n) is 9.47. The first-order chi connectivity index (χ1) is 6.65. The zero-order chi connectivity index (χ0) is 10.6. The molecule has 1 rings (SSSR count). The lowest BCUT2D eigenvalue weighted by atomic mass is 10.0. The van der Waals surface area contributed by atoms with E-state index in [0.717, 1.165) is 19.3 Å². The zero-order valence-corrected chi connectivity index (χ0v) is 9.47. The molecule has 78 valence electrons. The molecular formula is C13H20O. The van der Waals surface area contributed by atoms with Crippen molar-refractivity contribution in [2.75, 3.05) is 7.11 Å². The average Bonchev–Trinajstić information content (AvgIpc) is 2.53. The van der Waals surface area contributed by atoms with Crippen molar-refractivity contribution in [1.82, 2.24) is 0 Å². The molecule has 1 unspecified atom stereocenters. The smallest absolute Gasteiger partial charge is 0.0823 e. The standard InChI is InChI=1S/C13H20O/c1-10(2)8-9-13(14-4)12-7-5-6-11(12)3/h5,7,13H,1,6,8-9H2,2-4H3. The van der Waals surface area contributed by atoms with E-state index in [1.165, 1.54) is 16.7 Å². The van der Waals surface area contributed by atoms with Crippen molar-refractivity contribution in [2.45, 2.75) is 39.2 Å². The van der Waals surface area contributed by atoms with E-state index >= 15 is 0 Å². The minimum atomic E-state index is 0.255. The average molecular weight is 192 g/mol. The quantitative estimate of drug-likeness (QED) is 0.604. The highest BCUT2D eigenvalue weighted by Gasteiger charge is 2.16. The molecule has 1 heteroatoms. The van der Waals surface area contributed by atoms with Crippen molar-refractivity contribution in [2.24, 2.45) is 0 Å². The number of allylic oxidation sites excluding steroid dienone is 3. The molecule has 0 radical (unpaired) electrons. The maximum absolute atomic E-state index is 5.50. The topological polar surface area (TPSA) is 9.23 Å². The van der Waals surface area contributed by atoms with Gasteiger partial charge in [0.1, 0.15) is 0 Å². The number of methoxy groups -OCH3 is 1. The van der Waals surface area contributed by atoms with Gasteiger partial charge in [0.25, 0.3) is 0 Å². The van der Waals surface area contributed by atoms with Crippen LogP contribution in [0.15, 0.2) is 35.5 Å². The van der Waals surface area contributed by atoms with Gasteiger partial charge in [-0.1, -0.05) is 23.3 Å². The van der Waals surface area contributed by atoms with Crippen molar-refractivity contribution >= 4 is 0 Å². The van der Waals surface area contributed by atoms with Gasteiger partial charge in [-0.15, -0.1) is 6.58 Å². The lowest BCUT2D eigenvalue weighted by molar-refractivity contribution is 0.126. The molecule has 1 nitrogen and oxygen atoms in total. The van der Waals surface area contributed by atoms with Gasteiger partial charge in [0.05, 0.1) is 6.10 Å². The summed E-state index contributed by atoms with van der Waals surface area (Å²) < 4.78 is 5.50. The van der Waals surface area contributed by atoms with E-state index in [1.807, 2.05) is 0 Å². The SMILES string of the molecule is C=C(C)CCC(OC)C1=C(C)CC=C1. The highest BCUT2D eigenvalue weighted by molar-refractivity contribution is 5.35. The molecule has 1 aliphatic carbocycles. The molecule has 0 heterocycles. The fourth-order valence-electron chi connectivity index (χ4n) is 1.78. The van der Waals surface area contributed by atoms with Crippen LogP contribution in [0.1, 0.15) is 33.1 Å². The molecule has 0 N–H and O–H groups in total. The van der Waals surface area contributed by atoms with Crippen molar-refractivity contribution in [3.05, 3.63) is 35.5 Å². The highest BCUT2D eigenvalue weighted by atomic mass is 16.5. The first-order valence-electron chi connectivity index (χ1n) is 5.18. The Bertz CT molecular complexity index is 271. The fraction of sp³-hybridized carbons (Fsp3) is 0.538. The number of hydrogen-bond acceptors (Lipinski definition) is 1. The molecule has 0 aromatic carbocycles. The molecule has 0 bridgehead atoms. The van der Waals surface area contributed by atoms with Crippen LogP contribution >= 0.6 is 0 Å². The predicted octanol–water partition coefficient (Wildman–Crippen LogP) is 3.63. The maximum atomic E-state index is 5.50. The van der Waals surface area contributed by atoms with Gasteiger partial charge in [0.15, 0.2) is 0 Å². The Kier molecular flexibility index (Phi) is 4.15. The lowest BCUT2D eigenvalue weighted by Gasteiger charge is -2.17. The van der Waals surface area contributed by atoms with Crippen LogP contribution in [0.2, 0.25) is 0 Å². The van der Waals surface area contributed by atoms with Crippen LogP contribution in [0, 0.1) is 0 Å². The van der Waals surface area contributed by atoms with Gasteiger partial charge in [-0.25, -0.2) is 0 Å². The Labute approximate surface area is 87.2 Å². The Balaban J connectivity index is 2.58. The second-order valence-electron chi connectivity index (χ2n) is 4.06. The van der Waals surface area contributed by atoms with Gasteiger partial charge in [-0.2, -0.15) is 0 Å². The Morgan fingerprint density at radius 3 is 2.79 bits per heavy atom. The minimum absolute atomic E-state index is 0.255. The second-order valence-corrected chi connectivity index (χ2v) is 4.06. The van der Waals surface area contributed by atoms with Crippen molar-refractivity contribution < 1.29 is 4.74 Å². The third-order valence-corrected chi connectivity index (χ3v) is 2.68. The summed E-state index contributed by atoms with van der Waals surface area (Å²) in [6.45, 7) is 8.17. The number of hydrogen-bond donors (Lipinski definition) is 0. The fourth-order valence-corrected chi connectivity index (χ4v) is 1.78. The van der Waals surface area contributed by atoms with Gasteiger partial charge in [0, 0.05) is 7.11 Å². The number of ether oxygens (including phenoxy) is 1.